The van der Waals surface area contributed by atoms with E-state index in [1.54, 1.807) is 49.6 Å². The number of anilines is 3. The minimum atomic E-state index is -4.84. The zero-order chi connectivity index (χ0) is 37.4. The van der Waals surface area contributed by atoms with Gasteiger partial charge in [0.2, 0.25) is 0 Å². The number of hydrogen-bond donors (Lipinski definition) is 3. The minimum Gasteiger partial charge on any atom is -0.497 e. The Bertz CT molecular complexity index is 1860. The van der Waals surface area contributed by atoms with Crippen molar-refractivity contribution in [1.29, 1.82) is 0 Å². The first-order chi connectivity index (χ1) is 25.6. The monoisotopic (exact) mass is 736 g/mol. The molecule has 0 unspecified atom stereocenters. The van der Waals surface area contributed by atoms with Gasteiger partial charge in [-0.2, -0.15) is 13.2 Å². The molecule has 0 radical (unpaired) electrons. The van der Waals surface area contributed by atoms with Crippen molar-refractivity contribution >= 4 is 29.0 Å². The SMILES string of the molecule is COc1ccc(CNc2cc(C(F)(F)F)c(C(=O)Nc3cc(-n4cc(C(=O)NCCCN5CCOCC5)nn4)ccc3N3CCN(C)CC3)cn2)cc1. The number of morpholine rings is 1. The average Bonchev–Trinajstić information content (AvgIpc) is 3.67. The summed E-state index contributed by atoms with van der Waals surface area (Å²) in [5, 5.41) is 16.6. The maximum absolute atomic E-state index is 14.4. The average molecular weight is 737 g/mol. The van der Waals surface area contributed by atoms with Gasteiger partial charge < -0.3 is 35.2 Å². The maximum atomic E-state index is 14.4. The summed E-state index contributed by atoms with van der Waals surface area (Å²) in [7, 11) is 3.55. The third kappa shape index (κ3) is 9.79. The molecule has 2 aromatic heterocycles. The molecule has 3 N–H and O–H groups in total. The molecule has 2 aliphatic heterocycles. The number of pyridine rings is 1. The van der Waals surface area contributed by atoms with Crippen LogP contribution in [0.5, 0.6) is 5.75 Å². The second kappa shape index (κ2) is 17.0. The number of nitrogens with zero attached hydrogens (tertiary/aromatic N) is 7. The number of methoxy groups -OCH3 is 1. The lowest BCUT2D eigenvalue weighted by Gasteiger charge is -2.35. The number of halogens is 3. The fraction of sp³-hybridized carbons (Fsp3) is 0.417. The fourth-order valence-electron chi connectivity index (χ4n) is 6.10. The highest BCUT2D eigenvalue weighted by Gasteiger charge is 2.36. The van der Waals surface area contributed by atoms with Gasteiger partial charge in [0.1, 0.15) is 11.6 Å². The third-order valence-corrected chi connectivity index (χ3v) is 9.19. The first-order valence-corrected chi connectivity index (χ1v) is 17.4. The van der Waals surface area contributed by atoms with Crippen LogP contribution in [0.25, 0.3) is 5.69 Å². The molecule has 0 bridgehead atoms. The molecule has 14 nitrogen and oxygen atoms in total. The Balaban J connectivity index is 1.19. The Morgan fingerprint density at radius 3 is 2.43 bits per heavy atom. The second-order valence-electron chi connectivity index (χ2n) is 12.9. The summed E-state index contributed by atoms with van der Waals surface area (Å²) in [6.07, 6.45) is -1.67. The molecule has 0 atom stereocenters. The van der Waals surface area contributed by atoms with Crippen LogP contribution < -0.4 is 25.6 Å². The molecular weight excluding hydrogens is 693 g/mol. The quantitative estimate of drug-likeness (QED) is 0.173. The number of hydrogen-bond acceptors (Lipinski definition) is 11. The Morgan fingerprint density at radius 1 is 0.962 bits per heavy atom. The summed E-state index contributed by atoms with van der Waals surface area (Å²) in [6.45, 7) is 7.48. The van der Waals surface area contributed by atoms with Crippen LogP contribution >= 0.6 is 0 Å². The number of piperazine rings is 1. The van der Waals surface area contributed by atoms with Crippen LogP contribution in [-0.4, -0.2) is 121 Å². The molecule has 0 saturated carbocycles. The Hall–Kier alpha value is -5.26. The number of alkyl halides is 3. The van der Waals surface area contributed by atoms with Gasteiger partial charge in [0.05, 0.1) is 54.7 Å². The lowest BCUT2D eigenvalue weighted by atomic mass is 10.1. The largest absolute Gasteiger partial charge is 0.497 e. The number of aromatic nitrogens is 4. The van der Waals surface area contributed by atoms with Crippen LogP contribution in [0.1, 0.15) is 38.4 Å². The first-order valence-electron chi connectivity index (χ1n) is 17.4. The number of ether oxygens (including phenoxy) is 2. The van der Waals surface area contributed by atoms with Crippen LogP contribution in [0, 0.1) is 0 Å². The van der Waals surface area contributed by atoms with E-state index in [-0.39, 0.29) is 29.7 Å². The fourth-order valence-corrected chi connectivity index (χ4v) is 6.10. The highest BCUT2D eigenvalue weighted by Crippen LogP contribution is 2.35. The zero-order valence-electron chi connectivity index (χ0n) is 29.7. The van der Waals surface area contributed by atoms with Gasteiger partial charge in [-0.15, -0.1) is 5.10 Å². The summed E-state index contributed by atoms with van der Waals surface area (Å²) in [5.41, 5.74) is 0.506. The van der Waals surface area contributed by atoms with Crippen LogP contribution in [-0.2, 0) is 17.5 Å². The second-order valence-corrected chi connectivity index (χ2v) is 12.9. The molecule has 53 heavy (non-hydrogen) atoms. The van der Waals surface area contributed by atoms with Crippen molar-refractivity contribution in [3.05, 3.63) is 83.3 Å². The van der Waals surface area contributed by atoms with E-state index in [1.165, 1.54) is 10.9 Å². The van der Waals surface area contributed by atoms with Crippen LogP contribution in [0.2, 0.25) is 0 Å². The van der Waals surface area contributed by atoms with E-state index >= 15 is 0 Å². The standard InChI is InChI=1S/C36H43F3N10O4/c1-46-12-14-48(15-13-46)32-9-6-26(49-24-31(44-45-49)35(51)40-10-3-11-47-16-18-53-19-17-47)20-30(32)43-34(50)28-23-42-33(21-29(28)36(37,38)39)41-22-25-4-7-27(52-2)8-5-25/h4-9,20-21,23-24H,3,10-19,22H2,1-2H3,(H,40,51)(H,41,42)(H,43,50). The summed E-state index contributed by atoms with van der Waals surface area (Å²) in [4.78, 5) is 37.2. The van der Waals surface area contributed by atoms with E-state index in [9.17, 15) is 22.8 Å². The van der Waals surface area contributed by atoms with Crippen molar-refractivity contribution in [2.45, 2.75) is 19.1 Å². The normalized spacial score (nSPS) is 15.6. The Labute approximate surface area is 305 Å². The van der Waals surface area contributed by atoms with Gasteiger partial charge in [0.15, 0.2) is 5.69 Å². The molecule has 2 aliphatic rings. The number of carbonyl (C=O) groups is 2. The third-order valence-electron chi connectivity index (χ3n) is 9.19. The summed E-state index contributed by atoms with van der Waals surface area (Å²) in [6, 6.07) is 13.0. The molecule has 17 heteroatoms. The van der Waals surface area contributed by atoms with Gasteiger partial charge in [-0.05, 0) is 62.0 Å². The molecule has 2 fully saturated rings. The van der Waals surface area contributed by atoms with Gasteiger partial charge in [-0.25, -0.2) is 9.67 Å². The molecular formula is C36H43F3N10O4. The number of rotatable bonds is 13. The van der Waals surface area contributed by atoms with Crippen LogP contribution in [0.4, 0.5) is 30.4 Å². The van der Waals surface area contributed by atoms with Crippen molar-refractivity contribution in [1.82, 2.24) is 35.1 Å². The van der Waals surface area contributed by atoms with Crippen molar-refractivity contribution in [2.75, 3.05) is 95.3 Å². The van der Waals surface area contributed by atoms with Crippen molar-refractivity contribution in [3.8, 4) is 11.4 Å². The predicted octanol–water partition coefficient (Wildman–Crippen LogP) is 3.76. The van der Waals surface area contributed by atoms with Gasteiger partial charge in [0.25, 0.3) is 11.8 Å². The molecule has 0 aliphatic carbocycles. The van der Waals surface area contributed by atoms with Gasteiger partial charge >= 0.3 is 6.18 Å². The lowest BCUT2D eigenvalue weighted by molar-refractivity contribution is -0.137. The molecule has 6 rings (SSSR count). The molecule has 282 valence electrons. The number of likely N-dealkylation sites (N-methyl/N-ethyl adjacent to an activating group) is 1. The van der Waals surface area contributed by atoms with E-state index in [0.717, 1.165) is 57.0 Å². The molecule has 4 heterocycles. The van der Waals surface area contributed by atoms with E-state index < -0.39 is 23.2 Å². The predicted molar refractivity (Wildman–Crippen MR) is 193 cm³/mol. The number of carbonyl (C=O) groups excluding carboxylic acids is 2. The van der Waals surface area contributed by atoms with Gasteiger partial charge in [-0.1, -0.05) is 17.3 Å². The maximum Gasteiger partial charge on any atom is 0.417 e. The van der Waals surface area contributed by atoms with Gasteiger partial charge in [-0.3, -0.25) is 14.5 Å². The minimum absolute atomic E-state index is 0.0343. The number of nitrogens with one attached hydrogen (secondary N) is 3. The van der Waals surface area contributed by atoms with E-state index in [2.05, 4.69) is 45.9 Å². The topological polar surface area (TPSA) is 142 Å². The Kier molecular flexibility index (Phi) is 12.1. The van der Waals surface area contributed by atoms with Crippen LogP contribution in [0.3, 0.4) is 0 Å². The van der Waals surface area contributed by atoms with E-state index in [4.69, 9.17) is 9.47 Å². The molecule has 2 saturated heterocycles. The Morgan fingerprint density at radius 2 is 1.72 bits per heavy atom. The molecule has 0 spiro atoms. The van der Waals surface area contributed by atoms with Crippen molar-refractivity contribution in [2.24, 2.45) is 0 Å². The zero-order valence-corrected chi connectivity index (χ0v) is 29.7. The van der Waals surface area contributed by atoms with Crippen molar-refractivity contribution < 1.29 is 32.2 Å². The molecule has 4 aromatic rings. The lowest BCUT2D eigenvalue weighted by Crippen LogP contribution is -2.44. The van der Waals surface area contributed by atoms with Crippen molar-refractivity contribution in [3.63, 3.8) is 0 Å². The first kappa shape index (κ1) is 37.5. The number of benzene rings is 2. The van der Waals surface area contributed by atoms with E-state index in [1.807, 2.05) is 7.05 Å². The smallest absolute Gasteiger partial charge is 0.417 e. The molecule has 2 amide bonds. The van der Waals surface area contributed by atoms with Gasteiger partial charge in [0, 0.05) is 58.6 Å². The highest BCUT2D eigenvalue weighted by atomic mass is 19.4. The highest BCUT2D eigenvalue weighted by molar-refractivity contribution is 6.07. The van der Waals surface area contributed by atoms with E-state index in [0.29, 0.717) is 50.0 Å². The molecule has 2 aromatic carbocycles. The van der Waals surface area contributed by atoms with Crippen LogP contribution in [0.15, 0.2) is 60.9 Å². The summed E-state index contributed by atoms with van der Waals surface area (Å²) < 4.78 is 55.1. The number of amides is 2. The summed E-state index contributed by atoms with van der Waals surface area (Å²) >= 11 is 0. The summed E-state index contributed by atoms with van der Waals surface area (Å²) in [5.74, 6) is -0.736.